The largest absolute Gasteiger partial charge is 0.320 e. The molecule has 1 aliphatic rings. The van der Waals surface area contributed by atoms with Gasteiger partial charge in [0.05, 0.1) is 6.04 Å². The first-order valence-corrected chi connectivity index (χ1v) is 7.56. The fourth-order valence-electron chi connectivity index (χ4n) is 2.53. The third-order valence-electron chi connectivity index (χ3n) is 3.53. The van der Waals surface area contributed by atoms with Crippen molar-refractivity contribution in [1.82, 2.24) is 0 Å². The Morgan fingerprint density at radius 1 is 1.17 bits per heavy atom. The van der Waals surface area contributed by atoms with E-state index in [1.807, 2.05) is 29.5 Å². The molecule has 3 heteroatoms. The predicted molar refractivity (Wildman–Crippen MR) is 78.4 cm³/mol. The van der Waals surface area contributed by atoms with E-state index < -0.39 is 0 Å². The van der Waals surface area contributed by atoms with Crippen LogP contribution in [0.15, 0.2) is 30.3 Å². The van der Waals surface area contributed by atoms with Crippen LogP contribution in [0.4, 0.5) is 0 Å². The molecule has 0 saturated heterocycles. The van der Waals surface area contributed by atoms with Crippen molar-refractivity contribution >= 4 is 22.9 Å². The molecule has 0 saturated carbocycles. The summed E-state index contributed by atoms with van der Waals surface area (Å²) in [6.07, 6.45) is 5.07. The summed E-state index contributed by atoms with van der Waals surface area (Å²) < 4.78 is 0. The van der Waals surface area contributed by atoms with E-state index >= 15 is 0 Å². The zero-order valence-corrected chi connectivity index (χ0v) is 11.7. The number of fused-ring (bicyclic) bond motifs is 1. The van der Waals surface area contributed by atoms with Crippen LogP contribution in [0.1, 0.15) is 39.8 Å². The minimum atomic E-state index is -0.0423. The van der Waals surface area contributed by atoms with Crippen molar-refractivity contribution in [2.75, 3.05) is 0 Å². The first kappa shape index (κ1) is 12.2. The molecule has 1 aromatic heterocycles. The molecular weight excluding hydrogens is 262 g/mol. The molecule has 0 spiro atoms. The van der Waals surface area contributed by atoms with Crippen molar-refractivity contribution in [2.24, 2.45) is 5.73 Å². The van der Waals surface area contributed by atoms with Gasteiger partial charge in [-0.2, -0.15) is 0 Å². The SMILES string of the molecule is NC(c1cccc(Cl)c1)c1cc2c(s1)CCCC2. The second-order valence-corrected chi connectivity index (χ2v) is 6.44. The van der Waals surface area contributed by atoms with Crippen LogP contribution in [0.25, 0.3) is 0 Å². The second-order valence-electron chi connectivity index (χ2n) is 4.84. The van der Waals surface area contributed by atoms with Crippen LogP contribution in [0.2, 0.25) is 5.02 Å². The van der Waals surface area contributed by atoms with Crippen LogP contribution in [-0.2, 0) is 12.8 Å². The van der Waals surface area contributed by atoms with Gasteiger partial charge in [0.15, 0.2) is 0 Å². The van der Waals surface area contributed by atoms with E-state index in [4.69, 9.17) is 17.3 Å². The molecule has 2 aromatic rings. The lowest BCUT2D eigenvalue weighted by Crippen LogP contribution is -2.09. The Kier molecular flexibility index (Phi) is 3.42. The first-order valence-electron chi connectivity index (χ1n) is 6.36. The quantitative estimate of drug-likeness (QED) is 0.869. The number of hydrogen-bond donors (Lipinski definition) is 1. The lowest BCUT2D eigenvalue weighted by atomic mass is 9.98. The molecule has 1 aromatic carbocycles. The van der Waals surface area contributed by atoms with Gasteiger partial charge in [0, 0.05) is 14.8 Å². The van der Waals surface area contributed by atoms with Crippen LogP contribution < -0.4 is 5.73 Å². The smallest absolute Gasteiger partial charge is 0.0646 e. The summed E-state index contributed by atoms with van der Waals surface area (Å²) in [6.45, 7) is 0. The van der Waals surface area contributed by atoms with Crippen molar-refractivity contribution in [1.29, 1.82) is 0 Å². The summed E-state index contributed by atoms with van der Waals surface area (Å²) >= 11 is 7.90. The van der Waals surface area contributed by atoms with Gasteiger partial charge in [-0.15, -0.1) is 11.3 Å². The highest BCUT2D eigenvalue weighted by atomic mass is 35.5. The highest BCUT2D eigenvalue weighted by Gasteiger charge is 2.17. The minimum Gasteiger partial charge on any atom is -0.320 e. The molecule has 94 valence electrons. The molecule has 0 aliphatic heterocycles. The number of hydrogen-bond acceptors (Lipinski definition) is 2. The van der Waals surface area contributed by atoms with E-state index in [1.54, 1.807) is 0 Å². The number of nitrogens with two attached hydrogens (primary N) is 1. The van der Waals surface area contributed by atoms with Gasteiger partial charge in [0.25, 0.3) is 0 Å². The van der Waals surface area contributed by atoms with Crippen molar-refractivity contribution in [3.63, 3.8) is 0 Å². The zero-order chi connectivity index (χ0) is 12.5. The number of benzene rings is 1. The number of rotatable bonds is 2. The van der Waals surface area contributed by atoms with Crippen molar-refractivity contribution in [3.8, 4) is 0 Å². The summed E-state index contributed by atoms with van der Waals surface area (Å²) in [5.41, 5.74) is 8.96. The molecule has 0 bridgehead atoms. The molecular formula is C15H16ClNS. The average molecular weight is 278 g/mol. The normalized spacial score (nSPS) is 16.3. The highest BCUT2D eigenvalue weighted by Crippen LogP contribution is 2.34. The lowest BCUT2D eigenvalue weighted by molar-refractivity contribution is 0.696. The van der Waals surface area contributed by atoms with Gasteiger partial charge in [0.2, 0.25) is 0 Å². The molecule has 0 fully saturated rings. The van der Waals surface area contributed by atoms with Gasteiger partial charge in [-0.1, -0.05) is 23.7 Å². The van der Waals surface area contributed by atoms with Gasteiger partial charge >= 0.3 is 0 Å². The number of aryl methyl sites for hydroxylation is 2. The molecule has 3 rings (SSSR count). The topological polar surface area (TPSA) is 26.0 Å². The van der Waals surface area contributed by atoms with Crippen molar-refractivity contribution in [2.45, 2.75) is 31.7 Å². The summed E-state index contributed by atoms with van der Waals surface area (Å²) in [7, 11) is 0. The van der Waals surface area contributed by atoms with Gasteiger partial charge in [-0.3, -0.25) is 0 Å². The average Bonchev–Trinajstić information content (AvgIpc) is 2.81. The van der Waals surface area contributed by atoms with Gasteiger partial charge in [0.1, 0.15) is 0 Å². The minimum absolute atomic E-state index is 0.0423. The molecule has 1 heterocycles. The maximum Gasteiger partial charge on any atom is 0.0646 e. The van der Waals surface area contributed by atoms with E-state index in [0.29, 0.717) is 0 Å². The molecule has 1 atom stereocenters. The van der Waals surface area contributed by atoms with E-state index in [2.05, 4.69) is 12.1 Å². The number of halogens is 1. The fraction of sp³-hybridized carbons (Fsp3) is 0.333. The summed E-state index contributed by atoms with van der Waals surface area (Å²) in [5.74, 6) is 0. The first-order chi connectivity index (χ1) is 8.74. The Morgan fingerprint density at radius 2 is 2.00 bits per heavy atom. The Labute approximate surface area is 117 Å². The Morgan fingerprint density at radius 3 is 2.78 bits per heavy atom. The molecule has 1 unspecified atom stereocenters. The van der Waals surface area contributed by atoms with Gasteiger partial charge in [-0.25, -0.2) is 0 Å². The van der Waals surface area contributed by atoms with Crippen molar-refractivity contribution in [3.05, 3.63) is 56.2 Å². The Hall–Kier alpha value is -0.830. The van der Waals surface area contributed by atoms with Crippen LogP contribution in [-0.4, -0.2) is 0 Å². The standard InChI is InChI=1S/C15H16ClNS/c16-12-6-3-5-11(8-12)15(17)14-9-10-4-1-2-7-13(10)18-14/h3,5-6,8-9,15H,1-2,4,7,17H2. The third kappa shape index (κ3) is 2.33. The molecule has 0 amide bonds. The molecule has 1 aliphatic carbocycles. The summed E-state index contributed by atoms with van der Waals surface area (Å²) in [5, 5.41) is 0.754. The van der Waals surface area contributed by atoms with Gasteiger partial charge in [-0.05, 0) is 55.0 Å². The maximum atomic E-state index is 6.35. The summed E-state index contributed by atoms with van der Waals surface area (Å²) in [4.78, 5) is 2.80. The van der Waals surface area contributed by atoms with Crippen LogP contribution in [0.3, 0.4) is 0 Å². The van der Waals surface area contributed by atoms with Crippen LogP contribution in [0.5, 0.6) is 0 Å². The molecule has 0 radical (unpaired) electrons. The third-order valence-corrected chi connectivity index (χ3v) is 5.09. The zero-order valence-electron chi connectivity index (χ0n) is 10.2. The van der Waals surface area contributed by atoms with Gasteiger partial charge < -0.3 is 5.73 Å². The fourth-order valence-corrected chi connectivity index (χ4v) is 4.02. The Bertz CT molecular complexity index is 538. The summed E-state index contributed by atoms with van der Waals surface area (Å²) in [6, 6.07) is 10.1. The van der Waals surface area contributed by atoms with E-state index in [-0.39, 0.29) is 6.04 Å². The second kappa shape index (κ2) is 5.04. The molecule has 1 nitrogen and oxygen atoms in total. The van der Waals surface area contributed by atoms with E-state index in [9.17, 15) is 0 Å². The lowest BCUT2D eigenvalue weighted by Gasteiger charge is -2.10. The Balaban J connectivity index is 1.92. The monoisotopic (exact) mass is 277 g/mol. The van der Waals surface area contributed by atoms with Crippen LogP contribution in [0, 0.1) is 0 Å². The highest BCUT2D eigenvalue weighted by molar-refractivity contribution is 7.12. The number of thiophene rings is 1. The predicted octanol–water partition coefficient (Wildman–Crippen LogP) is 4.33. The van der Waals surface area contributed by atoms with Crippen LogP contribution >= 0.6 is 22.9 Å². The van der Waals surface area contributed by atoms with E-state index in [1.165, 1.54) is 41.0 Å². The van der Waals surface area contributed by atoms with Crippen molar-refractivity contribution < 1.29 is 0 Å². The van der Waals surface area contributed by atoms with E-state index in [0.717, 1.165) is 10.6 Å². The molecule has 18 heavy (non-hydrogen) atoms. The molecule has 2 N–H and O–H groups in total. The maximum absolute atomic E-state index is 6.35.